The van der Waals surface area contributed by atoms with Crippen molar-refractivity contribution < 1.29 is 17.9 Å². The number of anilines is 1. The normalized spacial score (nSPS) is 12.3. The second-order valence-corrected chi connectivity index (χ2v) is 8.49. The summed E-state index contributed by atoms with van der Waals surface area (Å²) in [6.45, 7) is 7.82. The number of aryl methyl sites for hydroxylation is 1. The van der Waals surface area contributed by atoms with E-state index >= 15 is 0 Å². The SMILES string of the molecule is CCOc1ccc(N(CC(=O)NC(C)CC)S(=O)(=O)c2ccc(C)cc2)cc1. The molecule has 2 aromatic rings. The van der Waals surface area contributed by atoms with E-state index in [4.69, 9.17) is 4.74 Å². The van der Waals surface area contributed by atoms with Gasteiger partial charge in [-0.1, -0.05) is 24.6 Å². The summed E-state index contributed by atoms with van der Waals surface area (Å²) in [5, 5.41) is 2.82. The summed E-state index contributed by atoms with van der Waals surface area (Å²) in [5.74, 6) is 0.293. The Bertz CT molecular complexity index is 878. The van der Waals surface area contributed by atoms with Gasteiger partial charge in [-0.2, -0.15) is 0 Å². The smallest absolute Gasteiger partial charge is 0.264 e. The van der Waals surface area contributed by atoms with E-state index < -0.39 is 10.0 Å². The van der Waals surface area contributed by atoms with Crippen molar-refractivity contribution in [1.82, 2.24) is 5.32 Å². The molecule has 0 aliphatic heterocycles. The van der Waals surface area contributed by atoms with E-state index in [2.05, 4.69) is 5.32 Å². The molecule has 0 radical (unpaired) electrons. The standard InChI is InChI=1S/C21H28N2O4S/c1-5-17(4)22-21(24)15-23(18-9-11-19(12-10-18)27-6-2)28(25,26)20-13-7-16(3)8-14-20/h7-14,17H,5-6,15H2,1-4H3,(H,22,24). The molecule has 0 aromatic heterocycles. The maximum Gasteiger partial charge on any atom is 0.264 e. The average Bonchev–Trinajstić information content (AvgIpc) is 2.67. The number of sulfonamides is 1. The van der Waals surface area contributed by atoms with Crippen LogP contribution < -0.4 is 14.4 Å². The highest BCUT2D eigenvalue weighted by Crippen LogP contribution is 2.26. The Hall–Kier alpha value is -2.54. The molecule has 0 aliphatic rings. The maximum atomic E-state index is 13.3. The van der Waals surface area contributed by atoms with Gasteiger partial charge in [-0.25, -0.2) is 8.42 Å². The summed E-state index contributed by atoms with van der Waals surface area (Å²) in [5.41, 5.74) is 1.37. The molecule has 6 nitrogen and oxygen atoms in total. The highest BCUT2D eigenvalue weighted by atomic mass is 32.2. The second-order valence-electron chi connectivity index (χ2n) is 6.63. The lowest BCUT2D eigenvalue weighted by Gasteiger charge is -2.25. The van der Waals surface area contributed by atoms with Gasteiger partial charge in [0.1, 0.15) is 12.3 Å². The van der Waals surface area contributed by atoms with Crippen LogP contribution in [0.2, 0.25) is 0 Å². The van der Waals surface area contributed by atoms with Crippen molar-refractivity contribution in [2.75, 3.05) is 17.5 Å². The molecule has 2 rings (SSSR count). The quantitative estimate of drug-likeness (QED) is 0.694. The van der Waals surface area contributed by atoms with Gasteiger partial charge in [0, 0.05) is 6.04 Å². The fraction of sp³-hybridized carbons (Fsp3) is 0.381. The summed E-state index contributed by atoms with van der Waals surface area (Å²) < 4.78 is 33.1. The molecule has 0 fully saturated rings. The van der Waals surface area contributed by atoms with Gasteiger partial charge in [0.15, 0.2) is 0 Å². The minimum atomic E-state index is -3.90. The van der Waals surface area contributed by atoms with E-state index in [1.165, 1.54) is 0 Å². The Morgan fingerprint density at radius 1 is 1.07 bits per heavy atom. The molecule has 1 unspecified atom stereocenters. The maximum absolute atomic E-state index is 13.3. The average molecular weight is 405 g/mol. The van der Waals surface area contributed by atoms with Gasteiger partial charge in [-0.15, -0.1) is 0 Å². The molecule has 0 spiro atoms. The fourth-order valence-corrected chi connectivity index (χ4v) is 4.00. The van der Waals surface area contributed by atoms with Crippen molar-refractivity contribution in [2.24, 2.45) is 0 Å². The van der Waals surface area contributed by atoms with Crippen LogP contribution in [-0.2, 0) is 14.8 Å². The molecular weight excluding hydrogens is 376 g/mol. The Balaban J connectivity index is 2.40. The van der Waals surface area contributed by atoms with Crippen molar-refractivity contribution in [3.8, 4) is 5.75 Å². The number of hydrogen-bond acceptors (Lipinski definition) is 4. The van der Waals surface area contributed by atoms with Crippen LogP contribution in [0, 0.1) is 6.92 Å². The van der Waals surface area contributed by atoms with Gasteiger partial charge in [-0.05, 0) is 63.6 Å². The van der Waals surface area contributed by atoms with E-state index in [1.54, 1.807) is 48.5 Å². The van der Waals surface area contributed by atoms with Crippen LogP contribution in [0.5, 0.6) is 5.75 Å². The van der Waals surface area contributed by atoms with Crippen molar-refractivity contribution in [2.45, 2.75) is 45.1 Å². The predicted molar refractivity (Wildman–Crippen MR) is 111 cm³/mol. The minimum Gasteiger partial charge on any atom is -0.494 e. The molecule has 0 saturated carbocycles. The first kappa shape index (κ1) is 21.8. The highest BCUT2D eigenvalue weighted by molar-refractivity contribution is 7.92. The van der Waals surface area contributed by atoms with Crippen LogP contribution in [0.15, 0.2) is 53.4 Å². The highest BCUT2D eigenvalue weighted by Gasteiger charge is 2.27. The van der Waals surface area contributed by atoms with Crippen LogP contribution in [0.1, 0.15) is 32.8 Å². The first-order chi connectivity index (χ1) is 13.3. The molecule has 7 heteroatoms. The molecule has 1 N–H and O–H groups in total. The number of nitrogens with one attached hydrogen (secondary N) is 1. The summed E-state index contributed by atoms with van der Waals surface area (Å²) in [6, 6.07) is 13.2. The van der Waals surface area contributed by atoms with Crippen LogP contribution in [-0.4, -0.2) is 33.5 Å². The van der Waals surface area contributed by atoms with Gasteiger partial charge in [0.2, 0.25) is 5.91 Å². The molecule has 1 atom stereocenters. The van der Waals surface area contributed by atoms with Gasteiger partial charge in [0.25, 0.3) is 10.0 Å². The Morgan fingerprint density at radius 2 is 1.68 bits per heavy atom. The zero-order valence-electron chi connectivity index (χ0n) is 16.8. The summed E-state index contributed by atoms with van der Waals surface area (Å²) in [6.07, 6.45) is 0.763. The van der Waals surface area contributed by atoms with Crippen LogP contribution in [0.4, 0.5) is 5.69 Å². The number of rotatable bonds is 9. The third-order valence-corrected chi connectivity index (χ3v) is 6.14. The van der Waals surface area contributed by atoms with Crippen molar-refractivity contribution in [3.63, 3.8) is 0 Å². The third-order valence-electron chi connectivity index (χ3n) is 4.35. The lowest BCUT2D eigenvalue weighted by molar-refractivity contribution is -0.120. The summed E-state index contributed by atoms with van der Waals surface area (Å²) in [4.78, 5) is 12.6. The zero-order valence-corrected chi connectivity index (χ0v) is 17.6. The Morgan fingerprint density at radius 3 is 2.21 bits per heavy atom. The van der Waals surface area contributed by atoms with Gasteiger partial charge in [-0.3, -0.25) is 9.10 Å². The lowest BCUT2D eigenvalue weighted by atomic mass is 10.2. The number of nitrogens with zero attached hydrogens (tertiary/aromatic N) is 1. The molecule has 2 aromatic carbocycles. The predicted octanol–water partition coefficient (Wildman–Crippen LogP) is 3.50. The molecule has 0 heterocycles. The van der Waals surface area contributed by atoms with E-state index in [9.17, 15) is 13.2 Å². The third kappa shape index (κ3) is 5.48. The largest absolute Gasteiger partial charge is 0.494 e. The summed E-state index contributed by atoms with van der Waals surface area (Å²) in [7, 11) is -3.90. The van der Waals surface area contributed by atoms with Gasteiger partial charge >= 0.3 is 0 Å². The van der Waals surface area contributed by atoms with Crippen molar-refractivity contribution >= 4 is 21.6 Å². The summed E-state index contributed by atoms with van der Waals surface area (Å²) >= 11 is 0. The monoisotopic (exact) mass is 404 g/mol. The topological polar surface area (TPSA) is 75.7 Å². The van der Waals surface area contributed by atoms with E-state index in [-0.39, 0.29) is 23.4 Å². The molecule has 152 valence electrons. The van der Waals surface area contributed by atoms with Crippen LogP contribution in [0.3, 0.4) is 0 Å². The molecule has 1 amide bonds. The van der Waals surface area contributed by atoms with Gasteiger partial charge < -0.3 is 10.1 Å². The van der Waals surface area contributed by atoms with E-state index in [1.807, 2.05) is 27.7 Å². The van der Waals surface area contributed by atoms with Crippen LogP contribution in [0.25, 0.3) is 0 Å². The minimum absolute atomic E-state index is 0.0308. The van der Waals surface area contributed by atoms with Gasteiger partial charge in [0.05, 0.1) is 17.2 Å². The van der Waals surface area contributed by atoms with E-state index in [0.717, 1.165) is 16.3 Å². The number of benzene rings is 2. The van der Waals surface area contributed by atoms with E-state index in [0.29, 0.717) is 18.0 Å². The molecule has 0 bridgehead atoms. The number of carbonyl (C=O) groups excluding carboxylic acids is 1. The number of carbonyl (C=O) groups is 1. The zero-order chi connectivity index (χ0) is 20.7. The lowest BCUT2D eigenvalue weighted by Crippen LogP contribution is -2.43. The first-order valence-electron chi connectivity index (χ1n) is 9.39. The van der Waals surface area contributed by atoms with Crippen LogP contribution >= 0.6 is 0 Å². The second kappa shape index (κ2) is 9.59. The molecule has 0 saturated heterocycles. The number of ether oxygens (including phenoxy) is 1. The van der Waals surface area contributed by atoms with Crippen molar-refractivity contribution in [3.05, 3.63) is 54.1 Å². The Kier molecular flexibility index (Phi) is 7.45. The molecule has 28 heavy (non-hydrogen) atoms. The fourth-order valence-electron chi connectivity index (χ4n) is 2.58. The molecule has 0 aliphatic carbocycles. The first-order valence-corrected chi connectivity index (χ1v) is 10.8. The van der Waals surface area contributed by atoms with Crippen molar-refractivity contribution in [1.29, 1.82) is 0 Å². The molecular formula is C21H28N2O4S. The number of amides is 1. The number of hydrogen-bond donors (Lipinski definition) is 1. The Labute approximate surface area is 167 Å².